The molecule has 11 aromatic carbocycles. The molecular formula is C62H44N2S2. The summed E-state index contributed by atoms with van der Waals surface area (Å²) in [6.45, 7) is 9.88. The van der Waals surface area contributed by atoms with E-state index in [1.807, 2.05) is 23.5 Å². The Hall–Kier alpha value is -6.98. The Bertz CT molecular complexity index is 3570. The summed E-state index contributed by atoms with van der Waals surface area (Å²) in [6.07, 6.45) is 0. The Labute approximate surface area is 393 Å². The third kappa shape index (κ3) is 5.17. The van der Waals surface area contributed by atoms with Crippen molar-refractivity contribution >= 4 is 112 Å². The Kier molecular flexibility index (Phi) is 7.99. The minimum atomic E-state index is -0.326. The summed E-state index contributed by atoms with van der Waals surface area (Å²) in [5, 5.41) is 12.8. The molecule has 14 rings (SSSR count). The van der Waals surface area contributed by atoms with Gasteiger partial charge in [0.2, 0.25) is 0 Å². The third-order valence-electron chi connectivity index (χ3n) is 15.0. The monoisotopic (exact) mass is 880 g/mol. The highest BCUT2D eigenvalue weighted by atomic mass is 32.2. The van der Waals surface area contributed by atoms with Gasteiger partial charge in [0.1, 0.15) is 0 Å². The van der Waals surface area contributed by atoms with Gasteiger partial charge in [-0.3, -0.25) is 0 Å². The fourth-order valence-electron chi connectivity index (χ4n) is 11.9. The summed E-state index contributed by atoms with van der Waals surface area (Å²) in [5.74, 6) is 0. The maximum atomic E-state index is 2.62. The van der Waals surface area contributed by atoms with Crippen molar-refractivity contribution in [1.29, 1.82) is 0 Å². The lowest BCUT2D eigenvalue weighted by molar-refractivity contribution is 0.523. The molecule has 0 bridgehead atoms. The van der Waals surface area contributed by atoms with Crippen molar-refractivity contribution in [3.8, 4) is 0 Å². The van der Waals surface area contributed by atoms with Crippen LogP contribution >= 0.6 is 23.5 Å². The summed E-state index contributed by atoms with van der Waals surface area (Å²) in [7, 11) is 0. The smallest absolute Gasteiger partial charge is 0.0621 e. The lowest BCUT2D eigenvalue weighted by atomic mass is 9.59. The van der Waals surface area contributed by atoms with Gasteiger partial charge in [-0.05, 0) is 127 Å². The van der Waals surface area contributed by atoms with Gasteiger partial charge < -0.3 is 9.80 Å². The largest absolute Gasteiger partial charge is 0.307 e. The fraction of sp³-hybridized carbons (Fsp3) is 0.0968. The van der Waals surface area contributed by atoms with Crippen LogP contribution in [0.5, 0.6) is 0 Å². The van der Waals surface area contributed by atoms with Crippen LogP contribution in [0, 0.1) is 0 Å². The zero-order valence-electron chi connectivity index (χ0n) is 37.2. The van der Waals surface area contributed by atoms with E-state index in [0.717, 1.165) is 0 Å². The molecule has 0 fully saturated rings. The Morgan fingerprint density at radius 3 is 0.833 bits per heavy atom. The van der Waals surface area contributed by atoms with E-state index >= 15 is 0 Å². The lowest BCUT2D eigenvalue weighted by Gasteiger charge is -2.45. The van der Waals surface area contributed by atoms with E-state index in [1.54, 1.807) is 0 Å². The summed E-state index contributed by atoms with van der Waals surface area (Å²) in [4.78, 5) is 10.2. The molecule has 3 aliphatic rings. The van der Waals surface area contributed by atoms with Crippen LogP contribution in [0.1, 0.15) is 49.9 Å². The summed E-state index contributed by atoms with van der Waals surface area (Å²) in [6, 6.07) is 73.4. The van der Waals surface area contributed by atoms with Crippen LogP contribution in [0.25, 0.3) is 53.9 Å². The number of rotatable bonds is 2. The number of anilines is 6. The molecule has 0 N–H and O–H groups in total. The molecule has 1 aliphatic carbocycles. The molecule has 4 heteroatoms. The van der Waals surface area contributed by atoms with E-state index in [0.29, 0.717) is 0 Å². The third-order valence-corrected chi connectivity index (χ3v) is 17.3. The first-order chi connectivity index (χ1) is 32.3. The standard InChI is InChI=1S/C62H44N2S2/c1-61(2)47-33-43-39-21-7-5-19-37(39)38-20-6-8-22-40(38)44(43)34-48(47)62(3,4)50-36-46-45(35-49(50)61)59(63-51-25-11-15-29-55(51)65-56-30-16-12-26-52(56)63)41-23-9-10-24-42(41)60(46)64-53-27-13-17-31-57(53)66-58-32-18-14-28-54(58)64/h5-36H,1-4H3. The van der Waals surface area contributed by atoms with Crippen molar-refractivity contribution in [3.05, 3.63) is 216 Å². The highest BCUT2D eigenvalue weighted by molar-refractivity contribution is 8.00. The number of para-hydroxylation sites is 4. The van der Waals surface area contributed by atoms with E-state index in [9.17, 15) is 0 Å². The molecule has 0 amide bonds. The van der Waals surface area contributed by atoms with Crippen molar-refractivity contribution in [3.63, 3.8) is 0 Å². The predicted molar refractivity (Wildman–Crippen MR) is 282 cm³/mol. The van der Waals surface area contributed by atoms with Crippen LogP contribution in [0.15, 0.2) is 214 Å². The van der Waals surface area contributed by atoms with Crippen LogP contribution in [0.2, 0.25) is 0 Å². The normalized spacial score (nSPS) is 15.3. The first-order valence-electron chi connectivity index (χ1n) is 23.0. The van der Waals surface area contributed by atoms with E-state index in [-0.39, 0.29) is 10.8 Å². The van der Waals surface area contributed by atoms with Gasteiger partial charge >= 0.3 is 0 Å². The van der Waals surface area contributed by atoms with Gasteiger partial charge in [-0.15, -0.1) is 0 Å². The minimum absolute atomic E-state index is 0.326. The van der Waals surface area contributed by atoms with Gasteiger partial charge in [-0.1, -0.05) is 173 Å². The van der Waals surface area contributed by atoms with Crippen molar-refractivity contribution in [2.45, 2.75) is 58.1 Å². The molecule has 314 valence electrons. The molecule has 0 radical (unpaired) electrons. The molecule has 2 heterocycles. The molecule has 2 aliphatic heterocycles. The van der Waals surface area contributed by atoms with Gasteiger partial charge in [0.15, 0.2) is 0 Å². The molecule has 2 nitrogen and oxygen atoms in total. The summed E-state index contributed by atoms with van der Waals surface area (Å²) in [5.41, 5.74) is 12.2. The zero-order valence-corrected chi connectivity index (χ0v) is 38.8. The number of nitrogens with zero attached hydrogens (tertiary/aromatic N) is 2. The number of benzene rings is 11. The van der Waals surface area contributed by atoms with Crippen LogP contribution in [0.3, 0.4) is 0 Å². The van der Waals surface area contributed by atoms with Gasteiger partial charge in [0.25, 0.3) is 0 Å². The minimum Gasteiger partial charge on any atom is -0.307 e. The number of hydrogen-bond acceptors (Lipinski definition) is 4. The average Bonchev–Trinajstić information content (AvgIpc) is 3.36. The molecule has 0 saturated carbocycles. The zero-order chi connectivity index (χ0) is 44.1. The molecule has 0 unspecified atom stereocenters. The number of hydrogen-bond donors (Lipinski definition) is 0. The molecule has 0 saturated heterocycles. The quantitative estimate of drug-likeness (QED) is 0.126. The second-order valence-corrected chi connectivity index (χ2v) is 21.4. The van der Waals surface area contributed by atoms with E-state index < -0.39 is 0 Å². The topological polar surface area (TPSA) is 6.48 Å². The van der Waals surface area contributed by atoms with Crippen molar-refractivity contribution < 1.29 is 0 Å². The lowest BCUT2D eigenvalue weighted by Crippen LogP contribution is -2.36. The first kappa shape index (κ1) is 38.3. The fourth-order valence-corrected chi connectivity index (χ4v) is 14.0. The second kappa shape index (κ2) is 13.8. The van der Waals surface area contributed by atoms with Crippen molar-refractivity contribution in [2.24, 2.45) is 0 Å². The molecule has 11 aromatic rings. The van der Waals surface area contributed by atoms with Gasteiger partial charge in [0.05, 0.1) is 34.1 Å². The summed E-state index contributed by atoms with van der Waals surface area (Å²) >= 11 is 3.73. The van der Waals surface area contributed by atoms with E-state index in [1.165, 1.54) is 130 Å². The van der Waals surface area contributed by atoms with Crippen molar-refractivity contribution in [2.75, 3.05) is 9.80 Å². The highest BCUT2D eigenvalue weighted by Crippen LogP contribution is 2.61. The van der Waals surface area contributed by atoms with E-state index in [4.69, 9.17) is 0 Å². The van der Waals surface area contributed by atoms with Gasteiger partial charge in [-0.2, -0.15) is 0 Å². The Morgan fingerprint density at radius 1 is 0.273 bits per heavy atom. The predicted octanol–water partition coefficient (Wildman–Crippen LogP) is 18.3. The molecule has 0 atom stereocenters. The van der Waals surface area contributed by atoms with E-state index in [2.05, 4.69) is 232 Å². The Morgan fingerprint density at radius 2 is 0.515 bits per heavy atom. The maximum absolute atomic E-state index is 2.62. The van der Waals surface area contributed by atoms with Crippen LogP contribution in [0.4, 0.5) is 34.1 Å². The average molecular weight is 881 g/mol. The van der Waals surface area contributed by atoms with Crippen LogP contribution in [-0.2, 0) is 10.8 Å². The van der Waals surface area contributed by atoms with Gasteiger partial charge in [0, 0.05) is 52.0 Å². The molecular weight excluding hydrogens is 837 g/mol. The van der Waals surface area contributed by atoms with Crippen molar-refractivity contribution in [1.82, 2.24) is 0 Å². The SMILES string of the molecule is CC1(C)c2cc3c(N4c5ccccc5Sc5ccccc54)c4ccccc4c(N4c5ccccc5Sc5ccccc54)c3cc2C(C)(C)c2cc3c4ccccc4c4ccccc4c3cc21. The Balaban J connectivity index is 1.15. The summed E-state index contributed by atoms with van der Waals surface area (Å²) < 4.78 is 0. The van der Waals surface area contributed by atoms with Crippen LogP contribution in [-0.4, -0.2) is 0 Å². The number of fused-ring (bicyclic) bond motifs is 14. The first-order valence-corrected chi connectivity index (χ1v) is 24.6. The molecule has 0 aromatic heterocycles. The second-order valence-electron chi connectivity index (χ2n) is 19.2. The van der Waals surface area contributed by atoms with Crippen LogP contribution < -0.4 is 9.80 Å². The van der Waals surface area contributed by atoms with Gasteiger partial charge in [-0.25, -0.2) is 0 Å². The molecule has 0 spiro atoms. The molecule has 66 heavy (non-hydrogen) atoms. The highest BCUT2D eigenvalue weighted by Gasteiger charge is 2.44. The maximum Gasteiger partial charge on any atom is 0.0621 e.